The molecule has 3 rings (SSSR count). The lowest BCUT2D eigenvalue weighted by Crippen LogP contribution is -2.32. The van der Waals surface area contributed by atoms with Crippen LogP contribution in [0.3, 0.4) is 0 Å². The molecule has 1 aliphatic heterocycles. The zero-order valence-electron chi connectivity index (χ0n) is 15.0. The van der Waals surface area contributed by atoms with Crippen LogP contribution in [-0.2, 0) is 26.0 Å². The van der Waals surface area contributed by atoms with Crippen molar-refractivity contribution in [2.45, 2.75) is 22.7 Å². The maximum atomic E-state index is 14.4. The monoisotopic (exact) mass is 423 g/mol. The molecule has 0 spiro atoms. The first kappa shape index (κ1) is 20.9. The summed E-state index contributed by atoms with van der Waals surface area (Å²) in [5.74, 6) is -2.94. The van der Waals surface area contributed by atoms with E-state index in [9.17, 15) is 31.2 Å². The largest absolute Gasteiger partial charge is 0.400 e. The Morgan fingerprint density at radius 1 is 1.10 bits per heavy atom. The molecule has 0 bridgehead atoms. The first-order valence-electron chi connectivity index (χ1n) is 8.54. The third-order valence-electron chi connectivity index (χ3n) is 4.65. The molecule has 0 saturated carbocycles. The summed E-state index contributed by atoms with van der Waals surface area (Å²) in [6.07, 6.45) is 0.547. The summed E-state index contributed by atoms with van der Waals surface area (Å²) < 4.78 is 67.3. The topological polar surface area (TPSA) is 71.5 Å². The van der Waals surface area contributed by atoms with Gasteiger partial charge in [0.15, 0.2) is 12.1 Å². The summed E-state index contributed by atoms with van der Waals surface area (Å²) in [7, 11) is -5.29. The second-order valence-electron chi connectivity index (χ2n) is 6.44. The van der Waals surface area contributed by atoms with Gasteiger partial charge in [0, 0.05) is 13.1 Å². The van der Waals surface area contributed by atoms with Crippen molar-refractivity contribution in [1.29, 1.82) is 0 Å². The number of carbonyl (C=O) groups excluding carboxylic acids is 2. The molecule has 1 heterocycles. The first-order valence-corrected chi connectivity index (χ1v) is 10.0. The van der Waals surface area contributed by atoms with Crippen molar-refractivity contribution >= 4 is 21.9 Å². The highest BCUT2D eigenvalue weighted by Gasteiger charge is 2.50. The van der Waals surface area contributed by atoms with Crippen molar-refractivity contribution in [1.82, 2.24) is 4.90 Å². The number of aldehydes is 1. The van der Waals surface area contributed by atoms with E-state index in [2.05, 4.69) is 0 Å². The molecule has 0 fully saturated rings. The fraction of sp³-hybridized carbons (Fsp3) is 0.200. The van der Waals surface area contributed by atoms with E-state index in [0.29, 0.717) is 17.2 Å². The average Bonchev–Trinajstić information content (AvgIpc) is 3.10. The van der Waals surface area contributed by atoms with Crippen LogP contribution in [0.4, 0.5) is 13.2 Å². The lowest BCUT2D eigenvalue weighted by Gasteiger charge is -2.21. The molecular formula is C20H16F3NO4S. The standard InChI is InChI=1S/C20H16F3NO4S/c21-18(20(22,23)29(27,28)15-7-2-1-3-8-15)10-11-24-12-14-6-4-5-9-16(14)19(24)17(26)13-25/h1-10,13,19H,11-12H2. The molecule has 2 aromatic rings. The van der Waals surface area contributed by atoms with Gasteiger partial charge in [0.2, 0.25) is 5.78 Å². The quantitative estimate of drug-likeness (QED) is 0.505. The molecule has 152 valence electrons. The van der Waals surface area contributed by atoms with Gasteiger partial charge in [-0.3, -0.25) is 14.5 Å². The number of sulfone groups is 1. The maximum absolute atomic E-state index is 14.4. The van der Waals surface area contributed by atoms with E-state index in [4.69, 9.17) is 0 Å². The zero-order valence-corrected chi connectivity index (χ0v) is 15.8. The minimum absolute atomic E-state index is 0.119. The van der Waals surface area contributed by atoms with Crippen LogP contribution in [0.5, 0.6) is 0 Å². The number of halogens is 3. The van der Waals surface area contributed by atoms with Crippen molar-refractivity contribution in [3.05, 3.63) is 77.6 Å². The highest BCUT2D eigenvalue weighted by Crippen LogP contribution is 2.38. The van der Waals surface area contributed by atoms with E-state index in [1.807, 2.05) is 0 Å². The van der Waals surface area contributed by atoms with Crippen LogP contribution >= 0.6 is 0 Å². The fourth-order valence-electron chi connectivity index (χ4n) is 3.21. The van der Waals surface area contributed by atoms with E-state index in [0.717, 1.165) is 12.1 Å². The van der Waals surface area contributed by atoms with Crippen molar-refractivity contribution < 1.29 is 31.2 Å². The highest BCUT2D eigenvalue weighted by atomic mass is 32.2. The van der Waals surface area contributed by atoms with Crippen LogP contribution in [-0.4, -0.2) is 37.2 Å². The fourth-order valence-corrected chi connectivity index (χ4v) is 4.36. The van der Waals surface area contributed by atoms with Crippen LogP contribution in [0.1, 0.15) is 17.2 Å². The minimum Gasteiger partial charge on any atom is -0.295 e. The SMILES string of the molecule is O=CC(=O)C1c2ccccc2CN1CC=C(F)C(F)(F)S(=O)(=O)c1ccccc1. The molecule has 1 unspecified atom stereocenters. The van der Waals surface area contributed by atoms with E-state index in [1.54, 1.807) is 24.3 Å². The van der Waals surface area contributed by atoms with Gasteiger partial charge in [-0.2, -0.15) is 8.78 Å². The summed E-state index contributed by atoms with van der Waals surface area (Å²) >= 11 is 0. The molecule has 0 N–H and O–H groups in total. The first-order chi connectivity index (χ1) is 13.7. The van der Waals surface area contributed by atoms with Gasteiger partial charge in [0.05, 0.1) is 4.90 Å². The second-order valence-corrected chi connectivity index (χ2v) is 8.43. The predicted molar refractivity (Wildman–Crippen MR) is 98.4 cm³/mol. The third kappa shape index (κ3) is 3.75. The molecule has 0 saturated heterocycles. The van der Waals surface area contributed by atoms with Crippen molar-refractivity contribution in [3.8, 4) is 0 Å². The summed E-state index contributed by atoms with van der Waals surface area (Å²) in [6.45, 7) is -0.355. The summed E-state index contributed by atoms with van der Waals surface area (Å²) in [5.41, 5.74) is 1.23. The lowest BCUT2D eigenvalue weighted by atomic mass is 10.0. The summed E-state index contributed by atoms with van der Waals surface area (Å²) in [4.78, 5) is 23.6. The van der Waals surface area contributed by atoms with Crippen molar-refractivity contribution in [2.75, 3.05) is 6.54 Å². The number of fused-ring (bicyclic) bond motifs is 1. The van der Waals surface area contributed by atoms with Gasteiger partial charge in [0.1, 0.15) is 6.04 Å². The lowest BCUT2D eigenvalue weighted by molar-refractivity contribution is -0.133. The molecule has 1 aliphatic rings. The van der Waals surface area contributed by atoms with Crippen LogP contribution in [0, 0.1) is 0 Å². The Bertz CT molecular complexity index is 1070. The van der Waals surface area contributed by atoms with Crippen LogP contribution < -0.4 is 0 Å². The maximum Gasteiger partial charge on any atom is 0.400 e. The zero-order chi connectivity index (χ0) is 21.2. The Kier molecular flexibility index (Phi) is 5.72. The van der Waals surface area contributed by atoms with E-state index in [1.165, 1.54) is 23.1 Å². The minimum atomic E-state index is -5.29. The van der Waals surface area contributed by atoms with Crippen molar-refractivity contribution in [3.63, 3.8) is 0 Å². The molecule has 0 amide bonds. The Hall–Kier alpha value is -2.78. The van der Waals surface area contributed by atoms with E-state index >= 15 is 0 Å². The Morgan fingerprint density at radius 3 is 2.38 bits per heavy atom. The van der Waals surface area contributed by atoms with Gasteiger partial charge < -0.3 is 0 Å². The Balaban J connectivity index is 1.87. The molecule has 1 atom stereocenters. The molecular weight excluding hydrogens is 407 g/mol. The third-order valence-corrected chi connectivity index (χ3v) is 6.41. The molecule has 2 aromatic carbocycles. The molecule has 0 aromatic heterocycles. The smallest absolute Gasteiger partial charge is 0.295 e. The number of rotatable bonds is 7. The summed E-state index contributed by atoms with van der Waals surface area (Å²) in [5, 5.41) is -4.77. The van der Waals surface area contributed by atoms with Gasteiger partial charge in [-0.1, -0.05) is 42.5 Å². The van der Waals surface area contributed by atoms with Gasteiger partial charge in [0.25, 0.3) is 9.84 Å². The highest BCUT2D eigenvalue weighted by molar-refractivity contribution is 7.92. The Labute approximate surface area is 165 Å². The van der Waals surface area contributed by atoms with Gasteiger partial charge in [-0.25, -0.2) is 12.8 Å². The number of carbonyl (C=O) groups is 2. The van der Waals surface area contributed by atoms with E-state index < -0.39 is 44.2 Å². The molecule has 5 nitrogen and oxygen atoms in total. The molecule has 29 heavy (non-hydrogen) atoms. The molecule has 0 radical (unpaired) electrons. The number of ketones is 1. The number of benzene rings is 2. The van der Waals surface area contributed by atoms with Crippen LogP contribution in [0.2, 0.25) is 0 Å². The van der Waals surface area contributed by atoms with Gasteiger partial charge in [-0.05, 0) is 29.3 Å². The number of alkyl halides is 2. The van der Waals surface area contributed by atoms with Crippen LogP contribution in [0.25, 0.3) is 0 Å². The predicted octanol–water partition coefficient (Wildman–Crippen LogP) is 3.23. The number of hydrogen-bond acceptors (Lipinski definition) is 5. The van der Waals surface area contributed by atoms with Gasteiger partial charge >= 0.3 is 5.25 Å². The van der Waals surface area contributed by atoms with Crippen LogP contribution in [0.15, 0.2) is 71.4 Å². The molecule has 9 heteroatoms. The number of hydrogen-bond donors (Lipinski definition) is 0. The second kappa shape index (κ2) is 7.92. The normalized spacial score (nSPS) is 17.8. The molecule has 0 aliphatic carbocycles. The number of Topliss-reactive ketones (excluding diaryl/α,β-unsaturated/α-hetero) is 1. The Morgan fingerprint density at radius 2 is 1.72 bits per heavy atom. The van der Waals surface area contributed by atoms with E-state index in [-0.39, 0.29) is 12.8 Å². The number of nitrogens with zero attached hydrogens (tertiary/aromatic N) is 1. The average molecular weight is 423 g/mol. The van der Waals surface area contributed by atoms with Crippen molar-refractivity contribution in [2.24, 2.45) is 0 Å². The van der Waals surface area contributed by atoms with Gasteiger partial charge in [-0.15, -0.1) is 0 Å². The summed E-state index contributed by atoms with van der Waals surface area (Å²) in [6, 6.07) is 11.5.